The average Bonchev–Trinajstić information content (AvgIpc) is 2.80. The van der Waals surface area contributed by atoms with E-state index < -0.39 is 13.3 Å². The van der Waals surface area contributed by atoms with Gasteiger partial charge in [0.2, 0.25) is 0 Å². The predicted molar refractivity (Wildman–Crippen MR) is 162 cm³/mol. The Balaban J connectivity index is 1.96. The average molecular weight is 557 g/mol. The molecule has 0 N–H and O–H groups in total. The zero-order valence-corrected chi connectivity index (χ0v) is 26.8. The number of ether oxygens (including phenoxy) is 1. The second-order valence-corrected chi connectivity index (χ2v) is 25.2. The predicted octanol–water partition coefficient (Wildman–Crippen LogP) is 8.62. The van der Waals surface area contributed by atoms with E-state index in [0.29, 0.717) is 0 Å². The Kier molecular flexibility index (Phi) is 5.52. The van der Waals surface area contributed by atoms with Gasteiger partial charge < -0.3 is 0 Å². The van der Waals surface area contributed by atoms with E-state index >= 15 is 0 Å². The molecule has 194 valence electrons. The first kappa shape index (κ1) is 23.8. The SMILES string of the molecule is [2H]c1c([2H])[n+](C)c2c3c(c[c]([Ge]([CH3])([CH3])[CH3])cc13)Oc1c-2c(C)c2cc(CC(C)(C)C)ccc2c1CC(C)(C)C. The Labute approximate surface area is 229 Å². The first-order valence-corrected chi connectivity index (χ1v) is 21.0. The van der Waals surface area contributed by atoms with Gasteiger partial charge in [-0.1, -0.05) is 20.8 Å². The molecular weight excluding hydrogens is 511 g/mol. The van der Waals surface area contributed by atoms with Crippen molar-refractivity contribution in [3.05, 3.63) is 59.2 Å². The molecular formula is C34H44GeNO+. The van der Waals surface area contributed by atoms with Crippen LogP contribution in [0.15, 0.2) is 42.5 Å². The topological polar surface area (TPSA) is 13.1 Å². The summed E-state index contributed by atoms with van der Waals surface area (Å²) in [4.78, 5) is 0. The van der Waals surface area contributed by atoms with Crippen LogP contribution < -0.4 is 13.7 Å². The summed E-state index contributed by atoms with van der Waals surface area (Å²) >= 11 is -2.26. The van der Waals surface area contributed by atoms with Gasteiger partial charge in [-0.3, -0.25) is 0 Å². The van der Waals surface area contributed by atoms with Crippen molar-refractivity contribution in [1.29, 1.82) is 0 Å². The van der Waals surface area contributed by atoms with Crippen molar-refractivity contribution < 1.29 is 12.0 Å². The first-order valence-electron chi connectivity index (χ1n) is 14.6. The van der Waals surface area contributed by atoms with Crippen LogP contribution in [0, 0.1) is 17.8 Å². The molecule has 0 atom stereocenters. The van der Waals surface area contributed by atoms with Crippen LogP contribution in [0.4, 0.5) is 0 Å². The quantitative estimate of drug-likeness (QED) is 0.160. The van der Waals surface area contributed by atoms with E-state index in [1.54, 1.807) is 0 Å². The number of hydrogen-bond acceptors (Lipinski definition) is 1. The summed E-state index contributed by atoms with van der Waals surface area (Å²) in [5, 5.41) is 4.33. The van der Waals surface area contributed by atoms with Gasteiger partial charge in [0.05, 0.1) is 0 Å². The molecule has 37 heavy (non-hydrogen) atoms. The molecule has 0 fully saturated rings. The van der Waals surface area contributed by atoms with E-state index in [-0.39, 0.29) is 23.0 Å². The fraction of sp³-hybridized carbons (Fsp3) is 0.441. The minimum absolute atomic E-state index is 0.0649. The molecule has 2 heterocycles. The third kappa shape index (κ3) is 4.82. The standard InChI is InChI=1S/C34H44GeNO/c1-21-26-16-22(19-33(2,3)4)12-13-25(26)27(20-34(5,6)7)32-29(21)31-30-23(14-15-36(31)11)17-24(35(8,9)10)18-28(30)37-32/h12-18H,19-20H2,1-11H3/q+1/i14D,15D. The monoisotopic (exact) mass is 558 g/mol. The van der Waals surface area contributed by atoms with Gasteiger partial charge in [0.25, 0.3) is 0 Å². The Morgan fingerprint density at radius 3 is 2.22 bits per heavy atom. The number of hydrogen-bond donors (Lipinski definition) is 0. The van der Waals surface area contributed by atoms with Crippen LogP contribution >= 0.6 is 0 Å². The van der Waals surface area contributed by atoms with Crippen molar-refractivity contribution in [1.82, 2.24) is 0 Å². The molecule has 5 rings (SSSR count). The third-order valence-electron chi connectivity index (χ3n) is 7.48. The Morgan fingerprint density at radius 2 is 1.59 bits per heavy atom. The number of benzene rings is 3. The number of pyridine rings is 1. The number of aromatic nitrogens is 1. The summed E-state index contributed by atoms with van der Waals surface area (Å²) in [5.41, 5.74) is 6.11. The van der Waals surface area contributed by atoms with E-state index in [9.17, 15) is 0 Å². The molecule has 0 unspecified atom stereocenters. The van der Waals surface area contributed by atoms with Crippen LogP contribution in [0.25, 0.3) is 32.8 Å². The molecule has 0 spiro atoms. The summed E-state index contributed by atoms with van der Waals surface area (Å²) in [7, 11) is 1.94. The molecule has 4 aromatic rings. The van der Waals surface area contributed by atoms with Gasteiger partial charge in [-0.2, -0.15) is 0 Å². The maximum absolute atomic E-state index is 8.95. The van der Waals surface area contributed by atoms with Crippen molar-refractivity contribution in [3.8, 4) is 22.8 Å². The van der Waals surface area contributed by atoms with E-state index in [1.165, 1.54) is 31.9 Å². The summed E-state index contributed by atoms with van der Waals surface area (Å²) < 4.78 is 28.1. The van der Waals surface area contributed by atoms with Gasteiger partial charge in [0, 0.05) is 0 Å². The zero-order valence-electron chi connectivity index (χ0n) is 26.7. The van der Waals surface area contributed by atoms with Gasteiger partial charge >= 0.3 is 209 Å². The van der Waals surface area contributed by atoms with Crippen molar-refractivity contribution in [2.24, 2.45) is 17.9 Å². The van der Waals surface area contributed by atoms with Crippen LogP contribution in [0.2, 0.25) is 17.3 Å². The van der Waals surface area contributed by atoms with Gasteiger partial charge in [0.15, 0.2) is 0 Å². The summed E-state index contributed by atoms with van der Waals surface area (Å²) in [6.45, 7) is 15.9. The van der Waals surface area contributed by atoms with Crippen LogP contribution in [0.5, 0.6) is 11.5 Å². The Bertz CT molecular complexity index is 1670. The van der Waals surface area contributed by atoms with Crippen LogP contribution in [-0.4, -0.2) is 13.3 Å². The van der Waals surface area contributed by atoms with Gasteiger partial charge in [-0.15, -0.1) is 0 Å². The molecule has 1 aliphatic rings. The normalized spacial score (nSPS) is 14.5. The van der Waals surface area contributed by atoms with Gasteiger partial charge in [0.1, 0.15) is 0 Å². The molecule has 0 radical (unpaired) electrons. The number of fused-ring (bicyclic) bond motifs is 3. The van der Waals surface area contributed by atoms with Crippen LogP contribution in [0.3, 0.4) is 0 Å². The molecule has 0 aliphatic carbocycles. The zero-order chi connectivity index (χ0) is 28.8. The molecule has 3 aromatic carbocycles. The van der Waals surface area contributed by atoms with Gasteiger partial charge in [-0.05, 0) is 0 Å². The number of aryl methyl sites for hydroxylation is 1. The number of nitrogens with zero attached hydrogens (tertiary/aromatic N) is 1. The van der Waals surface area contributed by atoms with Crippen molar-refractivity contribution in [2.45, 2.75) is 78.6 Å². The summed E-state index contributed by atoms with van der Waals surface area (Å²) in [6, 6.07) is 11.7. The van der Waals surface area contributed by atoms with E-state index in [4.69, 9.17) is 7.48 Å². The first-order chi connectivity index (χ1) is 17.9. The fourth-order valence-electron chi connectivity index (χ4n) is 5.81. The van der Waals surface area contributed by atoms with E-state index in [0.717, 1.165) is 46.4 Å². The minimum atomic E-state index is -2.26. The molecule has 2 nitrogen and oxygen atoms in total. The van der Waals surface area contributed by atoms with Crippen LogP contribution in [-0.2, 0) is 19.9 Å². The molecule has 1 aromatic heterocycles. The van der Waals surface area contributed by atoms with Crippen LogP contribution in [0.1, 0.15) is 61.0 Å². The Hall–Kier alpha value is -2.33. The Morgan fingerprint density at radius 1 is 0.919 bits per heavy atom. The van der Waals surface area contributed by atoms with E-state index in [1.807, 2.05) is 11.6 Å². The molecule has 0 bridgehead atoms. The summed E-state index contributed by atoms with van der Waals surface area (Å²) in [5.74, 6) is 8.89. The van der Waals surface area contributed by atoms with Crippen molar-refractivity contribution in [3.63, 3.8) is 0 Å². The summed E-state index contributed by atoms with van der Waals surface area (Å²) in [6.07, 6.45) is 2.14. The maximum atomic E-state index is 8.95. The molecule has 3 heteroatoms. The fourth-order valence-corrected chi connectivity index (χ4v) is 8.21. The molecule has 1 aliphatic heterocycles. The van der Waals surface area contributed by atoms with Crippen molar-refractivity contribution in [2.75, 3.05) is 0 Å². The second kappa shape index (κ2) is 8.59. The molecule has 0 saturated heterocycles. The van der Waals surface area contributed by atoms with E-state index in [2.05, 4.69) is 96.1 Å². The van der Waals surface area contributed by atoms with Gasteiger partial charge in [-0.25, -0.2) is 0 Å². The van der Waals surface area contributed by atoms with Crippen molar-refractivity contribution >= 4 is 39.2 Å². The number of rotatable bonds is 3. The molecule has 0 amide bonds. The third-order valence-corrected chi connectivity index (χ3v) is 11.7. The molecule has 0 saturated carbocycles. The second-order valence-electron chi connectivity index (χ2n) is 14.6.